The minimum Gasteiger partial charge on any atom is -0.377 e. The highest BCUT2D eigenvalue weighted by molar-refractivity contribution is 7.10. The fourth-order valence-corrected chi connectivity index (χ4v) is 2.74. The molecule has 1 aliphatic rings. The summed E-state index contributed by atoms with van der Waals surface area (Å²) >= 11 is 1.38. The van der Waals surface area contributed by atoms with Crippen LogP contribution in [0.4, 0.5) is 5.00 Å². The van der Waals surface area contributed by atoms with Gasteiger partial charge in [0.15, 0.2) is 0 Å². The smallest absolute Gasteiger partial charge is 0.135 e. The van der Waals surface area contributed by atoms with Crippen molar-refractivity contribution < 1.29 is 4.74 Å². The lowest BCUT2D eigenvalue weighted by Crippen LogP contribution is -2.21. The van der Waals surface area contributed by atoms with Crippen molar-refractivity contribution >= 4 is 16.5 Å². The van der Waals surface area contributed by atoms with Crippen molar-refractivity contribution in [3.8, 4) is 0 Å². The number of rotatable bonds is 4. The van der Waals surface area contributed by atoms with Gasteiger partial charge in [0, 0.05) is 18.6 Å². The largest absolute Gasteiger partial charge is 0.377 e. The molecule has 0 aromatic carbocycles. The van der Waals surface area contributed by atoms with Gasteiger partial charge >= 0.3 is 0 Å². The van der Waals surface area contributed by atoms with Gasteiger partial charge in [-0.15, -0.1) is 5.10 Å². The standard InChI is InChI=1S/C11H19N3OS/c1-8-4-3-5-9(6-8)15-7-10-11(12-2)16-14-13-10/h8-9,12H,3-7H2,1-2H3. The molecule has 1 aromatic rings. The Morgan fingerprint density at radius 1 is 1.50 bits per heavy atom. The maximum absolute atomic E-state index is 5.90. The van der Waals surface area contributed by atoms with Crippen LogP contribution in [0.25, 0.3) is 0 Å². The second-order valence-corrected chi connectivity index (χ2v) is 5.26. The first-order valence-electron chi connectivity index (χ1n) is 5.90. The van der Waals surface area contributed by atoms with E-state index in [0.717, 1.165) is 16.6 Å². The molecule has 2 atom stereocenters. The van der Waals surface area contributed by atoms with Crippen LogP contribution in [0.5, 0.6) is 0 Å². The predicted molar refractivity (Wildman–Crippen MR) is 65.7 cm³/mol. The van der Waals surface area contributed by atoms with Crippen LogP contribution in [0.15, 0.2) is 0 Å². The van der Waals surface area contributed by atoms with E-state index in [9.17, 15) is 0 Å². The molecule has 0 radical (unpaired) electrons. The maximum Gasteiger partial charge on any atom is 0.135 e. The van der Waals surface area contributed by atoms with E-state index in [1.165, 1.54) is 37.2 Å². The Labute approximate surface area is 101 Å². The van der Waals surface area contributed by atoms with E-state index >= 15 is 0 Å². The Balaban J connectivity index is 1.82. The summed E-state index contributed by atoms with van der Waals surface area (Å²) in [5.41, 5.74) is 0.936. The first-order chi connectivity index (χ1) is 7.79. The zero-order valence-corrected chi connectivity index (χ0v) is 10.7. The molecule has 1 aromatic heterocycles. The third-order valence-corrected chi connectivity index (χ3v) is 3.91. The van der Waals surface area contributed by atoms with E-state index in [0.29, 0.717) is 12.7 Å². The Bertz CT molecular complexity index is 329. The van der Waals surface area contributed by atoms with Gasteiger partial charge in [0.2, 0.25) is 0 Å². The third-order valence-electron chi connectivity index (χ3n) is 3.13. The Morgan fingerprint density at radius 2 is 2.38 bits per heavy atom. The van der Waals surface area contributed by atoms with Gasteiger partial charge in [0.05, 0.1) is 12.7 Å². The number of nitrogens with zero attached hydrogens (tertiary/aromatic N) is 2. The van der Waals surface area contributed by atoms with Crippen LogP contribution in [0.2, 0.25) is 0 Å². The van der Waals surface area contributed by atoms with Crippen molar-refractivity contribution in [1.82, 2.24) is 9.59 Å². The molecule has 90 valence electrons. The van der Waals surface area contributed by atoms with E-state index in [1.807, 2.05) is 7.05 Å². The summed E-state index contributed by atoms with van der Waals surface area (Å²) in [6.07, 6.45) is 5.43. The van der Waals surface area contributed by atoms with Crippen molar-refractivity contribution in [1.29, 1.82) is 0 Å². The lowest BCUT2D eigenvalue weighted by Gasteiger charge is -2.26. The molecule has 0 bridgehead atoms. The van der Waals surface area contributed by atoms with Gasteiger partial charge in [-0.1, -0.05) is 24.3 Å². The van der Waals surface area contributed by atoms with Gasteiger partial charge < -0.3 is 10.1 Å². The summed E-state index contributed by atoms with van der Waals surface area (Å²) < 4.78 is 9.83. The van der Waals surface area contributed by atoms with Crippen LogP contribution >= 0.6 is 11.5 Å². The highest BCUT2D eigenvalue weighted by atomic mass is 32.1. The Kier molecular flexibility index (Phi) is 4.12. The van der Waals surface area contributed by atoms with E-state index in [4.69, 9.17) is 4.74 Å². The SMILES string of the molecule is CNc1snnc1COC1CCCC(C)C1. The van der Waals surface area contributed by atoms with E-state index in [2.05, 4.69) is 21.8 Å². The monoisotopic (exact) mass is 241 g/mol. The number of aromatic nitrogens is 2. The van der Waals surface area contributed by atoms with Crippen LogP contribution in [0, 0.1) is 5.92 Å². The summed E-state index contributed by atoms with van der Waals surface area (Å²) in [6, 6.07) is 0. The summed E-state index contributed by atoms with van der Waals surface area (Å²) in [7, 11) is 1.89. The molecule has 1 saturated carbocycles. The average Bonchev–Trinajstić information content (AvgIpc) is 2.74. The zero-order chi connectivity index (χ0) is 11.4. The van der Waals surface area contributed by atoms with E-state index < -0.39 is 0 Å². The molecule has 1 fully saturated rings. The molecule has 0 amide bonds. The molecule has 2 rings (SSSR count). The predicted octanol–water partition coefficient (Wildman–Crippen LogP) is 2.68. The number of hydrogen-bond donors (Lipinski definition) is 1. The molecule has 0 saturated heterocycles. The lowest BCUT2D eigenvalue weighted by molar-refractivity contribution is 0.00344. The number of nitrogens with one attached hydrogen (secondary N) is 1. The first kappa shape index (κ1) is 11.8. The first-order valence-corrected chi connectivity index (χ1v) is 6.67. The van der Waals surface area contributed by atoms with Crippen LogP contribution < -0.4 is 5.32 Å². The number of anilines is 1. The minimum atomic E-state index is 0.412. The summed E-state index contributed by atoms with van der Waals surface area (Å²) in [5, 5.41) is 8.17. The van der Waals surface area contributed by atoms with Gasteiger partial charge in [-0.2, -0.15) is 0 Å². The summed E-state index contributed by atoms with van der Waals surface area (Å²) in [5.74, 6) is 0.802. The van der Waals surface area contributed by atoms with Crippen molar-refractivity contribution in [3.63, 3.8) is 0 Å². The number of ether oxygens (including phenoxy) is 1. The molecule has 0 spiro atoms. The van der Waals surface area contributed by atoms with Crippen molar-refractivity contribution in [3.05, 3.63) is 5.69 Å². The molecule has 0 aliphatic heterocycles. The van der Waals surface area contributed by atoms with Gasteiger partial charge in [-0.3, -0.25) is 0 Å². The van der Waals surface area contributed by atoms with E-state index in [-0.39, 0.29) is 0 Å². The molecular weight excluding hydrogens is 222 g/mol. The summed E-state index contributed by atoms with van der Waals surface area (Å²) in [6.45, 7) is 2.89. The highest BCUT2D eigenvalue weighted by Gasteiger charge is 2.20. The molecular formula is C11H19N3OS. The van der Waals surface area contributed by atoms with Crippen molar-refractivity contribution in [2.45, 2.75) is 45.3 Å². The topological polar surface area (TPSA) is 47.0 Å². The quantitative estimate of drug-likeness (QED) is 0.880. The lowest BCUT2D eigenvalue weighted by atomic mass is 9.89. The Hall–Kier alpha value is -0.680. The van der Waals surface area contributed by atoms with Gasteiger partial charge in [-0.25, -0.2) is 0 Å². The van der Waals surface area contributed by atoms with Crippen molar-refractivity contribution in [2.24, 2.45) is 5.92 Å². The molecule has 4 nitrogen and oxygen atoms in total. The molecule has 5 heteroatoms. The maximum atomic E-state index is 5.90. The second kappa shape index (κ2) is 5.59. The average molecular weight is 241 g/mol. The van der Waals surface area contributed by atoms with Gasteiger partial charge in [0.1, 0.15) is 10.7 Å². The molecule has 1 aliphatic carbocycles. The third kappa shape index (κ3) is 2.92. The highest BCUT2D eigenvalue weighted by Crippen LogP contribution is 2.27. The molecule has 2 unspecified atom stereocenters. The van der Waals surface area contributed by atoms with Crippen LogP contribution in [-0.4, -0.2) is 22.7 Å². The van der Waals surface area contributed by atoms with Crippen LogP contribution in [0.1, 0.15) is 38.3 Å². The zero-order valence-electron chi connectivity index (χ0n) is 9.90. The molecule has 1 N–H and O–H groups in total. The van der Waals surface area contributed by atoms with Crippen LogP contribution in [-0.2, 0) is 11.3 Å². The number of hydrogen-bond acceptors (Lipinski definition) is 5. The van der Waals surface area contributed by atoms with Crippen LogP contribution in [0.3, 0.4) is 0 Å². The molecule has 1 heterocycles. The fourth-order valence-electron chi connectivity index (χ4n) is 2.22. The van der Waals surface area contributed by atoms with Gasteiger partial charge in [0.25, 0.3) is 0 Å². The Morgan fingerprint density at radius 3 is 3.12 bits per heavy atom. The second-order valence-electron chi connectivity index (χ2n) is 4.50. The van der Waals surface area contributed by atoms with E-state index in [1.54, 1.807) is 0 Å². The molecule has 16 heavy (non-hydrogen) atoms. The van der Waals surface area contributed by atoms with Gasteiger partial charge in [-0.05, 0) is 18.8 Å². The fraction of sp³-hybridized carbons (Fsp3) is 0.818. The normalized spacial score (nSPS) is 25.6. The van der Waals surface area contributed by atoms with Crippen molar-refractivity contribution in [2.75, 3.05) is 12.4 Å². The minimum absolute atomic E-state index is 0.412. The summed E-state index contributed by atoms with van der Waals surface area (Å²) in [4.78, 5) is 0.